The second-order valence-corrected chi connectivity index (χ2v) is 7.96. The molecule has 0 aliphatic rings. The van der Waals surface area contributed by atoms with Crippen molar-refractivity contribution in [2.45, 2.75) is 71.6 Å². The molecular formula is C27H38N2O4. The molecule has 0 saturated heterocycles. The molecule has 0 fully saturated rings. The molecule has 6 heteroatoms. The van der Waals surface area contributed by atoms with Crippen LogP contribution in [0.5, 0.6) is 11.5 Å². The van der Waals surface area contributed by atoms with Gasteiger partial charge in [0.2, 0.25) is 0 Å². The third-order valence-electron chi connectivity index (χ3n) is 5.03. The highest BCUT2D eigenvalue weighted by Crippen LogP contribution is 2.20. The number of aromatic nitrogens is 2. The van der Waals surface area contributed by atoms with E-state index in [-0.39, 0.29) is 5.97 Å². The van der Waals surface area contributed by atoms with Crippen molar-refractivity contribution in [3.63, 3.8) is 0 Å². The van der Waals surface area contributed by atoms with E-state index in [1.807, 2.05) is 18.2 Å². The summed E-state index contributed by atoms with van der Waals surface area (Å²) in [7, 11) is 0. The van der Waals surface area contributed by atoms with E-state index in [4.69, 9.17) is 14.2 Å². The molecule has 6 nitrogen and oxygen atoms in total. The van der Waals surface area contributed by atoms with E-state index < -0.39 is 0 Å². The lowest BCUT2D eigenvalue weighted by Gasteiger charge is -2.07. The molecule has 33 heavy (non-hydrogen) atoms. The van der Waals surface area contributed by atoms with E-state index >= 15 is 0 Å². The summed E-state index contributed by atoms with van der Waals surface area (Å²) in [4.78, 5) is 20.6. The number of carbonyl (C=O) groups excluding carboxylic acids is 1. The van der Waals surface area contributed by atoms with Crippen LogP contribution in [-0.2, 0) is 9.53 Å². The molecule has 180 valence electrons. The monoisotopic (exact) mass is 454 g/mol. The summed E-state index contributed by atoms with van der Waals surface area (Å²) in [6.07, 6.45) is 16.5. The van der Waals surface area contributed by atoms with E-state index in [0.717, 1.165) is 50.9 Å². The first-order chi connectivity index (χ1) is 16.2. The van der Waals surface area contributed by atoms with Crippen LogP contribution in [-0.4, -0.2) is 35.8 Å². The SMILES string of the molecule is CCCCC/C=C/C(=O)Oc1ccc(-c2ncc(OCCCCOCCCCC)cn2)cc1. The van der Waals surface area contributed by atoms with Crippen molar-refractivity contribution < 1.29 is 19.0 Å². The molecular weight excluding hydrogens is 416 g/mol. The summed E-state index contributed by atoms with van der Waals surface area (Å²) in [5, 5.41) is 0. The minimum Gasteiger partial charge on any atom is -0.490 e. The van der Waals surface area contributed by atoms with Crippen LogP contribution < -0.4 is 9.47 Å². The molecule has 0 radical (unpaired) electrons. The second kappa shape index (κ2) is 16.8. The Balaban J connectivity index is 1.68. The van der Waals surface area contributed by atoms with Crippen LogP contribution in [0.25, 0.3) is 11.4 Å². The predicted octanol–water partition coefficient (Wildman–Crippen LogP) is 6.55. The quantitative estimate of drug-likeness (QED) is 0.117. The Labute approximate surface area is 198 Å². The zero-order chi connectivity index (χ0) is 23.6. The van der Waals surface area contributed by atoms with Crippen LogP contribution in [0, 0.1) is 0 Å². The molecule has 0 bridgehead atoms. The number of nitrogens with zero attached hydrogens (tertiary/aromatic N) is 2. The highest BCUT2D eigenvalue weighted by atomic mass is 16.5. The average molecular weight is 455 g/mol. The van der Waals surface area contributed by atoms with E-state index in [1.165, 1.54) is 31.8 Å². The fourth-order valence-electron chi connectivity index (χ4n) is 3.11. The average Bonchev–Trinajstić information content (AvgIpc) is 2.84. The zero-order valence-corrected chi connectivity index (χ0v) is 20.1. The Morgan fingerprint density at radius 2 is 1.45 bits per heavy atom. The van der Waals surface area contributed by atoms with Crippen molar-refractivity contribution >= 4 is 5.97 Å². The van der Waals surface area contributed by atoms with E-state index in [9.17, 15) is 4.79 Å². The Morgan fingerprint density at radius 1 is 0.818 bits per heavy atom. The maximum absolute atomic E-state index is 11.9. The van der Waals surface area contributed by atoms with Gasteiger partial charge in [0.05, 0.1) is 19.0 Å². The Morgan fingerprint density at radius 3 is 2.15 bits per heavy atom. The first-order valence-corrected chi connectivity index (χ1v) is 12.2. The summed E-state index contributed by atoms with van der Waals surface area (Å²) in [6, 6.07) is 7.17. The van der Waals surface area contributed by atoms with Gasteiger partial charge in [-0.1, -0.05) is 45.6 Å². The number of rotatable bonds is 17. The van der Waals surface area contributed by atoms with Crippen LogP contribution in [0.4, 0.5) is 0 Å². The number of unbranched alkanes of at least 4 members (excludes halogenated alkanes) is 6. The van der Waals surface area contributed by atoms with Gasteiger partial charge < -0.3 is 14.2 Å². The molecule has 0 aliphatic carbocycles. The summed E-state index contributed by atoms with van der Waals surface area (Å²) in [5.41, 5.74) is 0.844. The number of esters is 1. The number of ether oxygens (including phenoxy) is 3. The van der Waals surface area contributed by atoms with Crippen molar-refractivity contribution in [2.24, 2.45) is 0 Å². The standard InChI is InChI=1S/C27H38N2O4/c1-3-5-7-8-9-13-26(30)33-24-16-14-23(15-17-24)27-28-21-25(22-29-27)32-20-12-11-19-31-18-10-6-4-2/h9,13-17,21-22H,3-8,10-12,18-20H2,1-2H3/b13-9+. The second-order valence-electron chi connectivity index (χ2n) is 7.96. The largest absolute Gasteiger partial charge is 0.490 e. The van der Waals surface area contributed by atoms with Crippen molar-refractivity contribution in [3.8, 4) is 22.9 Å². The van der Waals surface area contributed by atoms with Crippen molar-refractivity contribution in [1.82, 2.24) is 9.97 Å². The van der Waals surface area contributed by atoms with Gasteiger partial charge in [-0.05, 0) is 56.4 Å². The number of carbonyl (C=O) groups is 1. The summed E-state index contributed by atoms with van der Waals surface area (Å²) < 4.78 is 16.6. The molecule has 0 spiro atoms. The summed E-state index contributed by atoms with van der Waals surface area (Å²) in [5.74, 6) is 1.38. The molecule has 0 aliphatic heterocycles. The van der Waals surface area contributed by atoms with E-state index in [0.29, 0.717) is 23.9 Å². The van der Waals surface area contributed by atoms with Gasteiger partial charge in [-0.15, -0.1) is 0 Å². The molecule has 2 aromatic rings. The van der Waals surface area contributed by atoms with Crippen LogP contribution in [0.2, 0.25) is 0 Å². The Kier molecular flexibility index (Phi) is 13.5. The van der Waals surface area contributed by atoms with Crippen molar-refractivity contribution in [1.29, 1.82) is 0 Å². The maximum atomic E-state index is 11.9. The fourth-order valence-corrected chi connectivity index (χ4v) is 3.11. The van der Waals surface area contributed by atoms with Crippen molar-refractivity contribution in [2.75, 3.05) is 19.8 Å². The lowest BCUT2D eigenvalue weighted by molar-refractivity contribution is -0.129. The molecule has 1 aromatic carbocycles. The molecule has 0 N–H and O–H groups in total. The lowest BCUT2D eigenvalue weighted by atomic mass is 10.2. The smallest absolute Gasteiger partial charge is 0.335 e. The molecule has 1 aromatic heterocycles. The maximum Gasteiger partial charge on any atom is 0.335 e. The highest BCUT2D eigenvalue weighted by Gasteiger charge is 2.05. The van der Waals surface area contributed by atoms with Crippen LogP contribution >= 0.6 is 0 Å². The summed E-state index contributed by atoms with van der Waals surface area (Å²) >= 11 is 0. The summed E-state index contributed by atoms with van der Waals surface area (Å²) in [6.45, 7) is 6.60. The molecule has 0 atom stereocenters. The first kappa shape index (κ1) is 26.5. The van der Waals surface area contributed by atoms with E-state index in [2.05, 4.69) is 23.8 Å². The molecule has 0 unspecified atom stereocenters. The first-order valence-electron chi connectivity index (χ1n) is 12.2. The van der Waals surface area contributed by atoms with Crippen LogP contribution in [0.3, 0.4) is 0 Å². The number of hydrogen-bond donors (Lipinski definition) is 0. The zero-order valence-electron chi connectivity index (χ0n) is 20.1. The minimum atomic E-state index is -0.361. The number of allylic oxidation sites excluding steroid dienone is 1. The van der Waals surface area contributed by atoms with Gasteiger partial charge in [0.25, 0.3) is 0 Å². The molecule has 2 rings (SSSR count). The molecule has 0 saturated carbocycles. The van der Waals surface area contributed by atoms with Crippen molar-refractivity contribution in [3.05, 3.63) is 48.8 Å². The van der Waals surface area contributed by atoms with Crippen LogP contribution in [0.15, 0.2) is 48.8 Å². The Bertz CT molecular complexity index is 804. The predicted molar refractivity (Wildman–Crippen MR) is 131 cm³/mol. The van der Waals surface area contributed by atoms with Gasteiger partial charge in [-0.2, -0.15) is 0 Å². The number of hydrogen-bond acceptors (Lipinski definition) is 6. The lowest BCUT2D eigenvalue weighted by Crippen LogP contribution is -2.03. The van der Waals surface area contributed by atoms with Gasteiger partial charge in [-0.3, -0.25) is 0 Å². The van der Waals surface area contributed by atoms with Gasteiger partial charge in [0, 0.05) is 24.9 Å². The van der Waals surface area contributed by atoms with Gasteiger partial charge in [0.15, 0.2) is 11.6 Å². The normalized spacial score (nSPS) is 11.1. The fraction of sp³-hybridized carbons (Fsp3) is 0.519. The highest BCUT2D eigenvalue weighted by molar-refractivity contribution is 5.84. The van der Waals surface area contributed by atoms with Crippen LogP contribution in [0.1, 0.15) is 71.6 Å². The van der Waals surface area contributed by atoms with Gasteiger partial charge in [-0.25, -0.2) is 14.8 Å². The number of benzene rings is 1. The van der Waals surface area contributed by atoms with Gasteiger partial charge in [0.1, 0.15) is 5.75 Å². The molecule has 1 heterocycles. The third-order valence-corrected chi connectivity index (χ3v) is 5.03. The molecule has 0 amide bonds. The topological polar surface area (TPSA) is 70.5 Å². The van der Waals surface area contributed by atoms with E-state index in [1.54, 1.807) is 24.5 Å². The van der Waals surface area contributed by atoms with Gasteiger partial charge >= 0.3 is 5.97 Å². The third kappa shape index (κ3) is 11.6. The minimum absolute atomic E-state index is 0.361. The Hall–Kier alpha value is -2.73.